The second kappa shape index (κ2) is 5.16. The van der Waals surface area contributed by atoms with Crippen molar-refractivity contribution in [2.45, 2.75) is 12.8 Å². The molecular weight excluding hydrogens is 200 g/mol. The summed E-state index contributed by atoms with van der Waals surface area (Å²) in [6, 6.07) is 11.6. The van der Waals surface area contributed by atoms with Gasteiger partial charge in [-0.3, -0.25) is 4.79 Å². The smallest absolute Gasteiger partial charge is 0.181 e. The van der Waals surface area contributed by atoms with Crippen molar-refractivity contribution >= 4 is 5.78 Å². The first kappa shape index (κ1) is 10.5. The third-order valence-corrected chi connectivity index (χ3v) is 2.35. The highest BCUT2D eigenvalue weighted by Gasteiger charge is 2.06. The van der Waals surface area contributed by atoms with Crippen LogP contribution in [0.15, 0.2) is 48.9 Å². The standard InChI is InChI=1S/C13H12N2O/c16-13(12-8-9-14-10-15-12)7-6-11-4-2-1-3-5-11/h1-5,8-10H,6-7H2. The number of carbonyl (C=O) groups is 1. The molecule has 0 aliphatic rings. The Morgan fingerprint density at radius 3 is 2.62 bits per heavy atom. The van der Waals surface area contributed by atoms with Crippen LogP contribution in [-0.4, -0.2) is 15.8 Å². The quantitative estimate of drug-likeness (QED) is 0.730. The SMILES string of the molecule is O=C(CCc1ccccc1)c1ccncn1. The van der Waals surface area contributed by atoms with Gasteiger partial charge in [0.15, 0.2) is 5.78 Å². The summed E-state index contributed by atoms with van der Waals surface area (Å²) in [5.74, 6) is 0.0613. The highest BCUT2D eigenvalue weighted by molar-refractivity contribution is 5.94. The molecule has 0 saturated heterocycles. The van der Waals surface area contributed by atoms with Gasteiger partial charge < -0.3 is 0 Å². The van der Waals surface area contributed by atoms with E-state index in [4.69, 9.17) is 0 Å². The Balaban J connectivity index is 1.95. The fourth-order valence-electron chi connectivity index (χ4n) is 1.49. The molecule has 0 bridgehead atoms. The second-order valence-corrected chi connectivity index (χ2v) is 3.50. The average molecular weight is 212 g/mol. The largest absolute Gasteiger partial charge is 0.292 e. The zero-order chi connectivity index (χ0) is 11.2. The topological polar surface area (TPSA) is 42.9 Å². The summed E-state index contributed by atoms with van der Waals surface area (Å²) in [6.45, 7) is 0. The Morgan fingerprint density at radius 2 is 1.94 bits per heavy atom. The van der Waals surface area contributed by atoms with E-state index in [2.05, 4.69) is 9.97 Å². The van der Waals surface area contributed by atoms with E-state index in [1.807, 2.05) is 30.3 Å². The molecular formula is C13H12N2O. The highest BCUT2D eigenvalue weighted by atomic mass is 16.1. The molecule has 2 rings (SSSR count). The van der Waals surface area contributed by atoms with E-state index in [0.717, 1.165) is 6.42 Å². The predicted molar refractivity (Wildman–Crippen MR) is 61.1 cm³/mol. The molecule has 0 aliphatic heterocycles. The Morgan fingerprint density at radius 1 is 1.12 bits per heavy atom. The Kier molecular flexibility index (Phi) is 3.38. The van der Waals surface area contributed by atoms with Crippen LogP contribution in [0, 0.1) is 0 Å². The molecule has 2 aromatic rings. The van der Waals surface area contributed by atoms with Crippen molar-refractivity contribution in [3.05, 3.63) is 60.2 Å². The summed E-state index contributed by atoms with van der Waals surface area (Å²) in [7, 11) is 0. The van der Waals surface area contributed by atoms with Crippen LogP contribution in [0.25, 0.3) is 0 Å². The number of hydrogen-bond donors (Lipinski definition) is 0. The van der Waals surface area contributed by atoms with Crippen LogP contribution in [0.3, 0.4) is 0 Å². The number of carbonyl (C=O) groups excluding carboxylic acids is 1. The Hall–Kier alpha value is -2.03. The van der Waals surface area contributed by atoms with Gasteiger partial charge in [-0.2, -0.15) is 0 Å². The van der Waals surface area contributed by atoms with Crippen molar-refractivity contribution in [3.8, 4) is 0 Å². The van der Waals surface area contributed by atoms with Crippen LogP contribution in [0.5, 0.6) is 0 Å². The maximum Gasteiger partial charge on any atom is 0.181 e. The number of rotatable bonds is 4. The maximum absolute atomic E-state index is 11.7. The van der Waals surface area contributed by atoms with Crippen molar-refractivity contribution in [3.63, 3.8) is 0 Å². The van der Waals surface area contributed by atoms with Gasteiger partial charge >= 0.3 is 0 Å². The van der Waals surface area contributed by atoms with Crippen LogP contribution in [0.1, 0.15) is 22.5 Å². The monoisotopic (exact) mass is 212 g/mol. The number of aromatic nitrogens is 2. The van der Waals surface area contributed by atoms with E-state index < -0.39 is 0 Å². The summed E-state index contributed by atoms with van der Waals surface area (Å²) >= 11 is 0. The number of benzene rings is 1. The second-order valence-electron chi connectivity index (χ2n) is 3.50. The van der Waals surface area contributed by atoms with Crippen LogP contribution >= 0.6 is 0 Å². The van der Waals surface area contributed by atoms with Crippen molar-refractivity contribution in [1.82, 2.24) is 9.97 Å². The zero-order valence-electron chi connectivity index (χ0n) is 8.84. The van der Waals surface area contributed by atoms with E-state index in [0.29, 0.717) is 12.1 Å². The lowest BCUT2D eigenvalue weighted by atomic mass is 10.1. The summed E-state index contributed by atoms with van der Waals surface area (Å²) in [5.41, 5.74) is 1.66. The first-order valence-corrected chi connectivity index (χ1v) is 5.19. The number of aryl methyl sites for hydroxylation is 1. The fraction of sp³-hybridized carbons (Fsp3) is 0.154. The normalized spacial score (nSPS) is 10.0. The van der Waals surface area contributed by atoms with Gasteiger partial charge in [-0.15, -0.1) is 0 Å². The minimum absolute atomic E-state index is 0.0613. The van der Waals surface area contributed by atoms with E-state index in [1.54, 1.807) is 12.3 Å². The number of hydrogen-bond acceptors (Lipinski definition) is 3. The molecule has 3 nitrogen and oxygen atoms in total. The molecule has 0 spiro atoms. The van der Waals surface area contributed by atoms with E-state index in [9.17, 15) is 4.79 Å². The van der Waals surface area contributed by atoms with E-state index >= 15 is 0 Å². The molecule has 0 radical (unpaired) electrons. The van der Waals surface area contributed by atoms with Crippen LogP contribution < -0.4 is 0 Å². The fourth-order valence-corrected chi connectivity index (χ4v) is 1.49. The highest BCUT2D eigenvalue weighted by Crippen LogP contribution is 2.05. The van der Waals surface area contributed by atoms with Gasteiger partial charge in [-0.25, -0.2) is 9.97 Å². The molecule has 0 unspecified atom stereocenters. The van der Waals surface area contributed by atoms with Crippen molar-refractivity contribution in [2.24, 2.45) is 0 Å². The van der Waals surface area contributed by atoms with Gasteiger partial charge in [0, 0.05) is 12.6 Å². The first-order valence-electron chi connectivity index (χ1n) is 5.19. The summed E-state index contributed by atoms with van der Waals surface area (Å²) < 4.78 is 0. The van der Waals surface area contributed by atoms with Gasteiger partial charge in [0.25, 0.3) is 0 Å². The van der Waals surface area contributed by atoms with Gasteiger partial charge in [-0.1, -0.05) is 30.3 Å². The predicted octanol–water partition coefficient (Wildman–Crippen LogP) is 2.29. The molecule has 16 heavy (non-hydrogen) atoms. The molecule has 1 aromatic carbocycles. The van der Waals surface area contributed by atoms with Crippen molar-refractivity contribution < 1.29 is 4.79 Å². The maximum atomic E-state index is 11.7. The molecule has 3 heteroatoms. The van der Waals surface area contributed by atoms with Crippen LogP contribution in [-0.2, 0) is 6.42 Å². The molecule has 0 atom stereocenters. The summed E-state index contributed by atoms with van der Waals surface area (Å²) in [6.07, 6.45) is 4.23. The van der Waals surface area contributed by atoms with E-state index in [1.165, 1.54) is 11.9 Å². The lowest BCUT2D eigenvalue weighted by Crippen LogP contribution is -2.03. The first-order chi connectivity index (χ1) is 7.86. The molecule has 0 N–H and O–H groups in total. The summed E-state index contributed by atoms with van der Waals surface area (Å²) in [4.78, 5) is 19.4. The number of nitrogens with zero attached hydrogens (tertiary/aromatic N) is 2. The van der Waals surface area contributed by atoms with Gasteiger partial charge in [0.05, 0.1) is 0 Å². The molecule has 0 saturated carbocycles. The lowest BCUT2D eigenvalue weighted by Gasteiger charge is -2.00. The third kappa shape index (κ3) is 2.73. The minimum Gasteiger partial charge on any atom is -0.292 e. The summed E-state index contributed by atoms with van der Waals surface area (Å²) in [5, 5.41) is 0. The van der Waals surface area contributed by atoms with Gasteiger partial charge in [-0.05, 0) is 18.1 Å². The van der Waals surface area contributed by atoms with Gasteiger partial charge in [0.2, 0.25) is 0 Å². The molecule has 80 valence electrons. The Labute approximate surface area is 94.2 Å². The average Bonchev–Trinajstić information content (AvgIpc) is 2.38. The lowest BCUT2D eigenvalue weighted by molar-refractivity contribution is 0.0978. The molecule has 0 fully saturated rings. The van der Waals surface area contributed by atoms with Gasteiger partial charge in [0.1, 0.15) is 12.0 Å². The van der Waals surface area contributed by atoms with Crippen LogP contribution in [0.4, 0.5) is 0 Å². The zero-order valence-corrected chi connectivity index (χ0v) is 8.84. The molecule has 1 heterocycles. The Bertz CT molecular complexity index is 454. The minimum atomic E-state index is 0.0613. The molecule has 0 aliphatic carbocycles. The number of ketones is 1. The molecule has 0 amide bonds. The van der Waals surface area contributed by atoms with Crippen molar-refractivity contribution in [1.29, 1.82) is 0 Å². The van der Waals surface area contributed by atoms with E-state index in [-0.39, 0.29) is 5.78 Å². The van der Waals surface area contributed by atoms with Crippen LogP contribution in [0.2, 0.25) is 0 Å². The number of Topliss-reactive ketones (excluding diaryl/α,β-unsaturated/α-hetero) is 1. The van der Waals surface area contributed by atoms with Crippen molar-refractivity contribution in [2.75, 3.05) is 0 Å². The molecule has 1 aromatic heterocycles. The third-order valence-electron chi connectivity index (χ3n) is 2.35.